The molecular weight excluding hydrogens is 202 g/mol. The third-order valence-electron chi connectivity index (χ3n) is 3.49. The van der Waals surface area contributed by atoms with E-state index in [9.17, 15) is 4.79 Å². The van der Waals surface area contributed by atoms with Gasteiger partial charge in [0, 0.05) is 6.04 Å². The molecule has 2 atom stereocenters. The minimum absolute atomic E-state index is 0.0456. The molecule has 0 aromatic heterocycles. The number of hydrogen-bond donors (Lipinski definition) is 1. The largest absolute Gasteiger partial charge is 0.379 e. The molecule has 3 nitrogen and oxygen atoms in total. The summed E-state index contributed by atoms with van der Waals surface area (Å²) in [4.78, 5) is 12.3. The fourth-order valence-corrected chi connectivity index (χ4v) is 2.58. The van der Waals surface area contributed by atoms with Gasteiger partial charge in [-0.05, 0) is 37.8 Å². The van der Waals surface area contributed by atoms with Crippen LogP contribution in [-0.4, -0.2) is 31.6 Å². The maximum atomic E-state index is 12.3. The highest BCUT2D eigenvalue weighted by molar-refractivity contribution is 5.98. The van der Waals surface area contributed by atoms with Crippen molar-refractivity contribution in [2.75, 3.05) is 19.8 Å². The molecule has 1 aliphatic heterocycles. The molecule has 2 unspecified atom stereocenters. The van der Waals surface area contributed by atoms with Gasteiger partial charge in [-0.25, -0.2) is 0 Å². The molecule has 1 saturated heterocycles. The summed E-state index contributed by atoms with van der Waals surface area (Å²) < 4.78 is 5.42. The minimum atomic E-state index is 0.0456. The van der Waals surface area contributed by atoms with Gasteiger partial charge >= 0.3 is 0 Å². The highest BCUT2D eigenvalue weighted by Crippen LogP contribution is 2.25. The zero-order valence-corrected chi connectivity index (χ0v) is 10.00. The predicted octanol–water partition coefficient (Wildman–Crippen LogP) is 1.68. The number of nitrogens with one attached hydrogen (secondary N) is 1. The summed E-state index contributed by atoms with van der Waals surface area (Å²) in [6, 6.07) is 0.223. The first kappa shape index (κ1) is 11.8. The lowest BCUT2D eigenvalue weighted by atomic mass is 9.87. The second kappa shape index (κ2) is 5.60. The van der Waals surface area contributed by atoms with E-state index in [4.69, 9.17) is 4.74 Å². The van der Waals surface area contributed by atoms with Crippen LogP contribution in [0.4, 0.5) is 0 Å². The van der Waals surface area contributed by atoms with Crippen LogP contribution >= 0.6 is 0 Å². The summed E-state index contributed by atoms with van der Waals surface area (Å²) in [6.45, 7) is 4.24. The van der Waals surface area contributed by atoms with Crippen LogP contribution in [0.2, 0.25) is 0 Å². The van der Waals surface area contributed by atoms with Crippen molar-refractivity contribution in [1.82, 2.24) is 5.32 Å². The molecule has 0 saturated carbocycles. The molecule has 2 rings (SSSR count). The van der Waals surface area contributed by atoms with E-state index in [1.54, 1.807) is 0 Å². The molecule has 0 spiro atoms. The van der Waals surface area contributed by atoms with E-state index >= 15 is 0 Å². The Hall–Kier alpha value is -0.670. The Morgan fingerprint density at radius 3 is 3.06 bits per heavy atom. The number of rotatable bonds is 4. The molecule has 0 bridgehead atoms. The molecule has 0 radical (unpaired) electrons. The van der Waals surface area contributed by atoms with Gasteiger partial charge in [-0.2, -0.15) is 0 Å². The van der Waals surface area contributed by atoms with Gasteiger partial charge in [-0.1, -0.05) is 13.0 Å². The van der Waals surface area contributed by atoms with Gasteiger partial charge < -0.3 is 10.1 Å². The van der Waals surface area contributed by atoms with Crippen LogP contribution in [0.25, 0.3) is 0 Å². The van der Waals surface area contributed by atoms with Gasteiger partial charge in [-0.15, -0.1) is 0 Å². The topological polar surface area (TPSA) is 38.3 Å². The summed E-state index contributed by atoms with van der Waals surface area (Å²) in [5.41, 5.74) is 1.05. The van der Waals surface area contributed by atoms with Crippen molar-refractivity contribution in [3.05, 3.63) is 11.6 Å². The van der Waals surface area contributed by atoms with E-state index in [0.717, 1.165) is 31.4 Å². The van der Waals surface area contributed by atoms with Gasteiger partial charge in [0.05, 0.1) is 19.1 Å². The first-order valence-corrected chi connectivity index (χ1v) is 6.37. The monoisotopic (exact) mass is 223 g/mol. The van der Waals surface area contributed by atoms with Crippen molar-refractivity contribution < 1.29 is 9.53 Å². The third kappa shape index (κ3) is 2.53. The lowest BCUT2D eigenvalue weighted by Gasteiger charge is -2.20. The fraction of sp³-hybridized carbons (Fsp3) is 0.769. The van der Waals surface area contributed by atoms with Crippen LogP contribution in [0, 0.1) is 5.92 Å². The maximum absolute atomic E-state index is 12.3. The Morgan fingerprint density at radius 1 is 1.50 bits per heavy atom. The summed E-state index contributed by atoms with van der Waals surface area (Å²) in [5, 5.41) is 3.34. The molecule has 0 aromatic carbocycles. The predicted molar refractivity (Wildman–Crippen MR) is 63.3 cm³/mol. The number of carbonyl (C=O) groups excluding carboxylic acids is 1. The summed E-state index contributed by atoms with van der Waals surface area (Å²) in [7, 11) is 0. The lowest BCUT2D eigenvalue weighted by Crippen LogP contribution is -2.39. The fourth-order valence-electron chi connectivity index (χ4n) is 2.58. The molecule has 1 aliphatic carbocycles. The van der Waals surface area contributed by atoms with Crippen LogP contribution < -0.4 is 5.32 Å². The highest BCUT2D eigenvalue weighted by atomic mass is 16.5. The SMILES string of the molecule is CCNC1COCC1C(=O)C1=CCCCC1. The number of ketones is 1. The van der Waals surface area contributed by atoms with E-state index in [0.29, 0.717) is 19.0 Å². The maximum Gasteiger partial charge on any atom is 0.165 e. The average Bonchev–Trinajstić information content (AvgIpc) is 2.78. The van der Waals surface area contributed by atoms with Crippen LogP contribution in [0.15, 0.2) is 11.6 Å². The molecule has 90 valence electrons. The third-order valence-corrected chi connectivity index (χ3v) is 3.49. The first-order chi connectivity index (χ1) is 7.83. The van der Waals surface area contributed by atoms with E-state index < -0.39 is 0 Å². The van der Waals surface area contributed by atoms with Gasteiger partial charge in [-0.3, -0.25) is 4.79 Å². The van der Waals surface area contributed by atoms with Crippen molar-refractivity contribution in [1.29, 1.82) is 0 Å². The van der Waals surface area contributed by atoms with Crippen molar-refractivity contribution in [3.8, 4) is 0 Å². The zero-order valence-electron chi connectivity index (χ0n) is 10.00. The second-order valence-corrected chi connectivity index (χ2v) is 4.65. The standard InChI is InChI=1S/C13H21NO2/c1-2-14-12-9-16-8-11(12)13(15)10-6-4-3-5-7-10/h6,11-12,14H,2-5,7-9H2,1H3. The molecule has 3 heteroatoms. The Bertz CT molecular complexity index is 286. The van der Waals surface area contributed by atoms with Gasteiger partial charge in [0.25, 0.3) is 0 Å². The average molecular weight is 223 g/mol. The smallest absolute Gasteiger partial charge is 0.165 e. The van der Waals surface area contributed by atoms with Gasteiger partial charge in [0.1, 0.15) is 0 Å². The Labute approximate surface area is 97.2 Å². The zero-order chi connectivity index (χ0) is 11.4. The number of carbonyl (C=O) groups is 1. The molecule has 1 heterocycles. The molecule has 16 heavy (non-hydrogen) atoms. The second-order valence-electron chi connectivity index (χ2n) is 4.65. The number of allylic oxidation sites excluding steroid dienone is 2. The minimum Gasteiger partial charge on any atom is -0.379 e. The van der Waals surface area contributed by atoms with Crippen LogP contribution in [-0.2, 0) is 9.53 Å². The summed E-state index contributed by atoms with van der Waals surface area (Å²) in [5.74, 6) is 0.368. The number of hydrogen-bond acceptors (Lipinski definition) is 3. The first-order valence-electron chi connectivity index (χ1n) is 6.37. The van der Waals surface area contributed by atoms with Crippen LogP contribution in [0.5, 0.6) is 0 Å². The quantitative estimate of drug-likeness (QED) is 0.788. The lowest BCUT2D eigenvalue weighted by molar-refractivity contribution is -0.119. The van der Waals surface area contributed by atoms with Crippen molar-refractivity contribution in [2.45, 2.75) is 38.6 Å². The molecule has 1 N–H and O–H groups in total. The van der Waals surface area contributed by atoms with E-state index in [-0.39, 0.29) is 12.0 Å². The van der Waals surface area contributed by atoms with Crippen molar-refractivity contribution >= 4 is 5.78 Å². The number of ether oxygens (including phenoxy) is 1. The molecule has 2 aliphatic rings. The Balaban J connectivity index is 2.00. The van der Waals surface area contributed by atoms with E-state index in [2.05, 4.69) is 18.3 Å². The molecule has 1 fully saturated rings. The summed E-state index contributed by atoms with van der Waals surface area (Å²) in [6.07, 6.45) is 6.56. The van der Waals surface area contributed by atoms with Gasteiger partial charge in [0.2, 0.25) is 0 Å². The van der Waals surface area contributed by atoms with Crippen molar-refractivity contribution in [3.63, 3.8) is 0 Å². The molecular formula is C13H21NO2. The van der Waals surface area contributed by atoms with Crippen molar-refractivity contribution in [2.24, 2.45) is 5.92 Å². The number of likely N-dealkylation sites (N-methyl/N-ethyl adjacent to an activating group) is 1. The highest BCUT2D eigenvalue weighted by Gasteiger charge is 2.34. The van der Waals surface area contributed by atoms with E-state index in [1.807, 2.05) is 0 Å². The normalized spacial score (nSPS) is 30.2. The molecule has 0 amide bonds. The summed E-state index contributed by atoms with van der Waals surface area (Å²) >= 11 is 0. The van der Waals surface area contributed by atoms with Crippen LogP contribution in [0.3, 0.4) is 0 Å². The Kier molecular flexibility index (Phi) is 4.13. The van der Waals surface area contributed by atoms with Gasteiger partial charge in [0.15, 0.2) is 5.78 Å². The molecule has 0 aromatic rings. The van der Waals surface area contributed by atoms with Crippen LogP contribution in [0.1, 0.15) is 32.6 Å². The Morgan fingerprint density at radius 2 is 2.38 bits per heavy atom. The number of Topliss-reactive ketones (excluding diaryl/α,β-unsaturated/α-hetero) is 1. The van der Waals surface area contributed by atoms with E-state index in [1.165, 1.54) is 6.42 Å².